The second-order valence-electron chi connectivity index (χ2n) is 9.11. The van der Waals surface area contributed by atoms with Crippen LogP contribution in [0.3, 0.4) is 0 Å². The van der Waals surface area contributed by atoms with Crippen LogP contribution in [0.4, 0.5) is 0 Å². The highest BCUT2D eigenvalue weighted by Crippen LogP contribution is 2.28. The number of carbonyl (C=O) groups excluding carboxylic acids is 2. The Kier molecular flexibility index (Phi) is 6.42. The molecule has 1 atom stereocenters. The van der Waals surface area contributed by atoms with E-state index in [1.807, 2.05) is 24.3 Å². The van der Waals surface area contributed by atoms with Crippen molar-refractivity contribution < 1.29 is 14.3 Å². The molecule has 164 valence electrons. The molecule has 1 unspecified atom stereocenters. The first-order valence-electron chi connectivity index (χ1n) is 11.3. The van der Waals surface area contributed by atoms with Crippen LogP contribution < -0.4 is 5.32 Å². The Morgan fingerprint density at radius 3 is 2.52 bits per heavy atom. The Morgan fingerprint density at radius 2 is 1.74 bits per heavy atom. The number of hydrogen-bond acceptors (Lipinski definition) is 4. The minimum Gasteiger partial charge on any atom is -0.445 e. The average molecular weight is 421 g/mol. The summed E-state index contributed by atoms with van der Waals surface area (Å²) >= 11 is 0. The maximum Gasteiger partial charge on any atom is 0.339 e. The zero-order valence-electron chi connectivity index (χ0n) is 18.5. The fourth-order valence-electron chi connectivity index (χ4n) is 4.83. The summed E-state index contributed by atoms with van der Waals surface area (Å²) in [5.74, 6) is -0.695. The zero-order chi connectivity index (χ0) is 21.8. The third-order valence-corrected chi connectivity index (χ3v) is 6.74. The molecule has 0 radical (unpaired) electrons. The fraction of sp³-hybridized carbons (Fsp3) is 0.462. The molecule has 0 saturated heterocycles. The molecule has 0 aromatic heterocycles. The first kappa shape index (κ1) is 21.6. The van der Waals surface area contributed by atoms with Gasteiger partial charge in [0.15, 0.2) is 5.60 Å². The molecule has 31 heavy (non-hydrogen) atoms. The summed E-state index contributed by atoms with van der Waals surface area (Å²) < 4.78 is 5.57. The molecule has 4 rings (SSSR count). The number of fused-ring (bicyclic) bond motifs is 1. The van der Waals surface area contributed by atoms with Gasteiger partial charge in [-0.25, -0.2) is 4.79 Å². The second-order valence-corrected chi connectivity index (χ2v) is 9.11. The van der Waals surface area contributed by atoms with E-state index in [1.54, 1.807) is 13.0 Å². The molecule has 1 heterocycles. The van der Waals surface area contributed by atoms with Crippen molar-refractivity contribution in [3.8, 4) is 0 Å². The molecule has 5 nitrogen and oxygen atoms in total. The van der Waals surface area contributed by atoms with Crippen LogP contribution in [0.5, 0.6) is 0 Å². The van der Waals surface area contributed by atoms with Crippen LogP contribution >= 0.6 is 0 Å². The molecule has 1 amide bonds. The van der Waals surface area contributed by atoms with Gasteiger partial charge in [-0.1, -0.05) is 61.7 Å². The van der Waals surface area contributed by atoms with E-state index in [9.17, 15) is 9.59 Å². The molecule has 0 bridgehead atoms. The Morgan fingerprint density at radius 1 is 1.06 bits per heavy atom. The van der Waals surface area contributed by atoms with Crippen LogP contribution in [-0.2, 0) is 29.0 Å². The van der Waals surface area contributed by atoms with Gasteiger partial charge in [-0.05, 0) is 49.6 Å². The molecule has 2 aliphatic rings. The molecule has 2 aromatic rings. The van der Waals surface area contributed by atoms with Crippen molar-refractivity contribution in [2.75, 3.05) is 7.05 Å². The van der Waals surface area contributed by atoms with E-state index in [1.165, 1.54) is 37.7 Å². The fourth-order valence-corrected chi connectivity index (χ4v) is 4.83. The van der Waals surface area contributed by atoms with Gasteiger partial charge in [0.2, 0.25) is 0 Å². The Balaban J connectivity index is 1.41. The topological polar surface area (TPSA) is 58.6 Å². The van der Waals surface area contributed by atoms with Gasteiger partial charge in [-0.3, -0.25) is 9.69 Å². The Bertz CT molecular complexity index is 951. The van der Waals surface area contributed by atoms with Gasteiger partial charge < -0.3 is 10.1 Å². The quantitative estimate of drug-likeness (QED) is 0.710. The number of rotatable bonds is 6. The SMILES string of the molecule is CN(Cc1ccccc1CNC(=O)C1(C)Cc2ccccc2C(=O)O1)C1CCCCC1. The number of hydrogen-bond donors (Lipinski definition) is 1. The maximum atomic E-state index is 13.0. The predicted molar refractivity (Wildman–Crippen MR) is 121 cm³/mol. The second kappa shape index (κ2) is 9.23. The van der Waals surface area contributed by atoms with Crippen molar-refractivity contribution in [3.05, 3.63) is 70.8 Å². The molecule has 1 aliphatic heterocycles. The highest BCUT2D eigenvalue weighted by Gasteiger charge is 2.42. The minimum absolute atomic E-state index is 0.259. The number of nitrogens with zero attached hydrogens (tertiary/aromatic N) is 1. The number of carbonyl (C=O) groups is 2. The monoisotopic (exact) mass is 420 g/mol. The Hall–Kier alpha value is -2.66. The lowest BCUT2D eigenvalue weighted by atomic mass is 9.89. The molecular formula is C26H32N2O3. The summed E-state index contributed by atoms with van der Waals surface area (Å²) in [6.45, 7) is 2.98. The van der Waals surface area contributed by atoms with E-state index < -0.39 is 11.6 Å². The average Bonchev–Trinajstić information content (AvgIpc) is 2.78. The van der Waals surface area contributed by atoms with Crippen molar-refractivity contribution in [3.63, 3.8) is 0 Å². The van der Waals surface area contributed by atoms with E-state index >= 15 is 0 Å². The first-order chi connectivity index (χ1) is 15.0. The van der Waals surface area contributed by atoms with Crippen molar-refractivity contribution in [2.24, 2.45) is 0 Å². The number of nitrogens with one attached hydrogen (secondary N) is 1. The zero-order valence-corrected chi connectivity index (χ0v) is 18.5. The van der Waals surface area contributed by atoms with Gasteiger partial charge in [0.25, 0.3) is 5.91 Å². The van der Waals surface area contributed by atoms with Crippen LogP contribution in [0, 0.1) is 0 Å². The molecule has 1 N–H and O–H groups in total. The van der Waals surface area contributed by atoms with Crippen LogP contribution in [0.25, 0.3) is 0 Å². The molecular weight excluding hydrogens is 388 g/mol. The summed E-state index contributed by atoms with van der Waals surface area (Å²) in [6, 6.07) is 16.2. The Labute approximate surface area is 184 Å². The van der Waals surface area contributed by atoms with Gasteiger partial charge in [-0.15, -0.1) is 0 Å². The summed E-state index contributed by atoms with van der Waals surface area (Å²) in [7, 11) is 2.20. The van der Waals surface area contributed by atoms with Gasteiger partial charge in [0.05, 0.1) is 5.56 Å². The molecule has 1 saturated carbocycles. The number of cyclic esters (lactones) is 1. The standard InChI is InChI=1S/C26H32N2O3/c1-26(16-19-10-8-9-15-23(19)24(29)31-26)25(30)27-17-20-11-6-7-12-21(20)18-28(2)22-13-4-3-5-14-22/h6-12,15,22H,3-5,13-14,16-18H2,1-2H3,(H,27,30). The van der Waals surface area contributed by atoms with Gasteiger partial charge >= 0.3 is 5.97 Å². The van der Waals surface area contributed by atoms with Crippen LogP contribution in [0.1, 0.15) is 66.1 Å². The van der Waals surface area contributed by atoms with Gasteiger partial charge in [0.1, 0.15) is 0 Å². The lowest BCUT2D eigenvalue weighted by Crippen LogP contribution is -2.51. The summed E-state index contributed by atoms with van der Waals surface area (Å²) in [4.78, 5) is 27.9. The lowest BCUT2D eigenvalue weighted by molar-refractivity contribution is -0.140. The van der Waals surface area contributed by atoms with Crippen LogP contribution in [0.15, 0.2) is 48.5 Å². The predicted octanol–water partition coefficient (Wildman–Crippen LogP) is 4.24. The number of esters is 1. The summed E-state index contributed by atoms with van der Waals surface area (Å²) in [5.41, 5.74) is 2.53. The van der Waals surface area contributed by atoms with Crippen molar-refractivity contribution in [2.45, 2.75) is 70.2 Å². The lowest BCUT2D eigenvalue weighted by Gasteiger charge is -2.33. The van der Waals surface area contributed by atoms with Crippen molar-refractivity contribution in [1.29, 1.82) is 0 Å². The van der Waals surface area contributed by atoms with E-state index in [2.05, 4.69) is 35.5 Å². The van der Waals surface area contributed by atoms with Crippen molar-refractivity contribution in [1.82, 2.24) is 10.2 Å². The smallest absolute Gasteiger partial charge is 0.339 e. The normalized spacial score (nSPS) is 21.5. The molecule has 1 aliphatic carbocycles. The molecule has 5 heteroatoms. The van der Waals surface area contributed by atoms with Crippen LogP contribution in [-0.4, -0.2) is 35.5 Å². The largest absolute Gasteiger partial charge is 0.445 e. The minimum atomic E-state index is -1.20. The number of benzene rings is 2. The van der Waals surface area contributed by atoms with E-state index in [0.29, 0.717) is 24.6 Å². The highest BCUT2D eigenvalue weighted by atomic mass is 16.6. The van der Waals surface area contributed by atoms with Crippen molar-refractivity contribution >= 4 is 11.9 Å². The van der Waals surface area contributed by atoms with Crippen LogP contribution in [0.2, 0.25) is 0 Å². The molecule has 2 aromatic carbocycles. The third-order valence-electron chi connectivity index (χ3n) is 6.74. The molecule has 0 spiro atoms. The van der Waals surface area contributed by atoms with E-state index in [4.69, 9.17) is 4.74 Å². The number of ether oxygens (including phenoxy) is 1. The first-order valence-corrected chi connectivity index (χ1v) is 11.3. The van der Waals surface area contributed by atoms with Gasteiger partial charge in [0, 0.05) is 25.6 Å². The third kappa shape index (κ3) is 4.82. The van der Waals surface area contributed by atoms with E-state index in [0.717, 1.165) is 17.7 Å². The summed E-state index contributed by atoms with van der Waals surface area (Å²) in [6.07, 6.45) is 6.88. The van der Waals surface area contributed by atoms with Gasteiger partial charge in [-0.2, -0.15) is 0 Å². The summed E-state index contributed by atoms with van der Waals surface area (Å²) in [5, 5.41) is 3.02. The highest BCUT2D eigenvalue weighted by molar-refractivity contribution is 5.97. The molecule has 1 fully saturated rings. The number of amides is 1. The maximum absolute atomic E-state index is 13.0. The van der Waals surface area contributed by atoms with E-state index in [-0.39, 0.29) is 5.91 Å².